The minimum atomic E-state index is -0.535. The predicted molar refractivity (Wildman–Crippen MR) is 238 cm³/mol. The summed E-state index contributed by atoms with van der Waals surface area (Å²) >= 11 is 0. The van der Waals surface area contributed by atoms with Gasteiger partial charge in [0.2, 0.25) is 0 Å². The molecule has 0 radical (unpaired) electrons. The van der Waals surface area contributed by atoms with Crippen molar-refractivity contribution in [3.63, 3.8) is 0 Å². The Morgan fingerprint density at radius 3 is 2.00 bits per heavy atom. The van der Waals surface area contributed by atoms with Gasteiger partial charge in [-0.25, -0.2) is 15.0 Å². The lowest BCUT2D eigenvalue weighted by molar-refractivity contribution is 0.670. The molecular formula is C53H32N4O. The van der Waals surface area contributed by atoms with E-state index in [1.165, 1.54) is 10.6 Å². The van der Waals surface area contributed by atoms with E-state index in [0.29, 0.717) is 27.9 Å². The first-order chi connectivity index (χ1) is 34.6. The maximum Gasteiger partial charge on any atom is 0.166 e. The number of benzene rings is 9. The van der Waals surface area contributed by atoms with Gasteiger partial charge in [0.25, 0.3) is 0 Å². The standard InChI is InChI=1S/C53H32N4O/c1-2-18-36-34(15-1)32-45(39-20-4-3-19-38(36)39)53-55-51(35-17-13-16-33(31-35)37-25-14-26-43-42-23-8-12-30-49(42)58-50(37)43)54-52(56-53)44-24-7-11-29-48(44)57-46-27-9-5-21-40(46)41-22-6-10-28-47(41)57/h1-32H/i5D,6D,8D,9D,12D,14D,21D,22D,23D,25D,26D,27D,28D,30D. The molecule has 0 saturated heterocycles. The number of furan rings is 1. The molecule has 0 saturated carbocycles. The van der Waals surface area contributed by atoms with Gasteiger partial charge in [0, 0.05) is 43.8 Å². The molecule has 0 N–H and O–H groups in total. The van der Waals surface area contributed by atoms with E-state index in [4.69, 9.17) is 34.4 Å². The van der Waals surface area contributed by atoms with Crippen LogP contribution in [0.25, 0.3) is 116 Å². The van der Waals surface area contributed by atoms with E-state index in [-0.39, 0.29) is 91.0 Å². The van der Waals surface area contributed by atoms with E-state index in [2.05, 4.69) is 0 Å². The summed E-state index contributed by atoms with van der Waals surface area (Å²) in [7, 11) is 0. The number of hydrogen-bond acceptors (Lipinski definition) is 4. The van der Waals surface area contributed by atoms with Crippen LogP contribution >= 0.6 is 0 Å². The SMILES string of the molecule is [2H]c1cc([2H])c2c(c1[2H])c1c([2H])c([2H])c([2H])c([2H])c1n2-c1ccccc1-c1nc(-c2cccc(-c3c([2H])c([2H])c([2H])c4c3oc3c([2H])c([2H])c([2H])c([2H])c34)c2)nc(-c2cc3ccccc3c3ccccc23)n1. The first kappa shape index (κ1) is 21.4. The van der Waals surface area contributed by atoms with Gasteiger partial charge in [-0.05, 0) is 69.5 Å². The third-order valence-electron chi connectivity index (χ3n) is 10.5. The molecule has 0 unspecified atom stereocenters. The molecule has 0 aliphatic carbocycles. The highest BCUT2D eigenvalue weighted by molar-refractivity contribution is 6.14. The highest BCUT2D eigenvalue weighted by Crippen LogP contribution is 2.40. The van der Waals surface area contributed by atoms with Gasteiger partial charge < -0.3 is 8.98 Å². The summed E-state index contributed by atoms with van der Waals surface area (Å²) in [6.45, 7) is 0. The molecule has 0 amide bonds. The van der Waals surface area contributed by atoms with Crippen molar-refractivity contribution in [1.29, 1.82) is 0 Å². The number of aromatic nitrogens is 4. The largest absolute Gasteiger partial charge is 0.455 e. The fourth-order valence-electron chi connectivity index (χ4n) is 7.90. The smallest absolute Gasteiger partial charge is 0.166 e. The molecule has 12 rings (SSSR count). The maximum absolute atomic E-state index is 9.21. The average Bonchev–Trinajstić information content (AvgIpc) is 3.98. The molecule has 270 valence electrons. The van der Waals surface area contributed by atoms with Gasteiger partial charge in [-0.15, -0.1) is 0 Å². The Kier molecular flexibility index (Phi) is 4.74. The maximum atomic E-state index is 9.21. The van der Waals surface area contributed by atoms with Gasteiger partial charge in [-0.2, -0.15) is 0 Å². The molecule has 3 heterocycles. The lowest BCUT2D eigenvalue weighted by atomic mass is 9.96. The number of rotatable bonds is 5. The molecule has 0 aliphatic rings. The van der Waals surface area contributed by atoms with Crippen LogP contribution in [0, 0.1) is 0 Å². The fraction of sp³-hybridized carbons (Fsp3) is 0. The van der Waals surface area contributed by atoms with Crippen molar-refractivity contribution >= 4 is 65.3 Å². The first-order valence-corrected chi connectivity index (χ1v) is 18.4. The molecule has 12 aromatic rings. The van der Waals surface area contributed by atoms with Gasteiger partial charge in [-0.3, -0.25) is 0 Å². The molecule has 0 aliphatic heterocycles. The molecule has 5 heteroatoms. The van der Waals surface area contributed by atoms with Crippen molar-refractivity contribution in [2.24, 2.45) is 0 Å². The number of hydrogen-bond donors (Lipinski definition) is 0. The van der Waals surface area contributed by atoms with Gasteiger partial charge in [0.1, 0.15) is 11.2 Å². The molecule has 0 bridgehead atoms. The third kappa shape index (κ3) is 5.00. The van der Waals surface area contributed by atoms with Gasteiger partial charge in [0.05, 0.1) is 35.9 Å². The Balaban J connectivity index is 1.16. The van der Waals surface area contributed by atoms with Crippen LogP contribution in [0.5, 0.6) is 0 Å². The van der Waals surface area contributed by atoms with Gasteiger partial charge >= 0.3 is 0 Å². The Hall–Kier alpha value is -7.89. The monoisotopic (exact) mass is 754 g/mol. The predicted octanol–water partition coefficient (Wildman–Crippen LogP) is 13.8. The van der Waals surface area contributed by atoms with E-state index >= 15 is 0 Å². The van der Waals surface area contributed by atoms with Crippen LogP contribution in [0.2, 0.25) is 0 Å². The molecular weight excluding hydrogens is 709 g/mol. The summed E-state index contributed by atoms with van der Waals surface area (Å²) in [5.74, 6) is 0.484. The molecule has 0 atom stereocenters. The van der Waals surface area contributed by atoms with E-state index in [1.54, 1.807) is 48.5 Å². The normalized spacial score (nSPS) is 15.2. The summed E-state index contributed by atoms with van der Waals surface area (Å²) in [4.78, 5) is 15.4. The Morgan fingerprint density at radius 1 is 0.414 bits per heavy atom. The molecule has 58 heavy (non-hydrogen) atoms. The topological polar surface area (TPSA) is 56.7 Å². The van der Waals surface area contributed by atoms with Crippen molar-refractivity contribution in [2.75, 3.05) is 0 Å². The van der Waals surface area contributed by atoms with E-state index < -0.39 is 60.4 Å². The Morgan fingerprint density at radius 2 is 1.09 bits per heavy atom. The van der Waals surface area contributed by atoms with Crippen molar-refractivity contribution in [3.8, 4) is 51.0 Å². The molecule has 3 aromatic heterocycles. The lowest BCUT2D eigenvalue weighted by Gasteiger charge is -2.15. The van der Waals surface area contributed by atoms with Gasteiger partial charge in [0.15, 0.2) is 17.5 Å². The van der Waals surface area contributed by atoms with Crippen molar-refractivity contribution in [2.45, 2.75) is 0 Å². The van der Waals surface area contributed by atoms with E-state index in [9.17, 15) is 4.11 Å². The zero-order valence-electron chi connectivity index (χ0n) is 44.1. The van der Waals surface area contributed by atoms with Gasteiger partial charge in [-0.1, -0.05) is 151 Å². The highest BCUT2D eigenvalue weighted by Gasteiger charge is 2.21. The van der Waals surface area contributed by atoms with Crippen molar-refractivity contribution < 1.29 is 23.6 Å². The van der Waals surface area contributed by atoms with Crippen LogP contribution in [-0.2, 0) is 0 Å². The molecule has 5 nitrogen and oxygen atoms in total. The summed E-state index contributed by atoms with van der Waals surface area (Å²) in [5.41, 5.74) is 1.86. The summed E-state index contributed by atoms with van der Waals surface area (Å²) in [5, 5.41) is 3.55. The van der Waals surface area contributed by atoms with E-state index in [0.717, 1.165) is 21.5 Å². The number of fused-ring (bicyclic) bond motifs is 9. The average molecular weight is 755 g/mol. The number of nitrogens with zero attached hydrogens (tertiary/aromatic N) is 4. The van der Waals surface area contributed by atoms with Crippen molar-refractivity contribution in [3.05, 3.63) is 194 Å². The Bertz CT molecular complexity index is 4420. The number of para-hydroxylation sites is 5. The summed E-state index contributed by atoms with van der Waals surface area (Å²) in [6.07, 6.45) is 0. The summed E-state index contributed by atoms with van der Waals surface area (Å²) in [6, 6.07) is 26.7. The molecule has 9 aromatic carbocycles. The minimum Gasteiger partial charge on any atom is -0.455 e. The lowest BCUT2D eigenvalue weighted by Crippen LogP contribution is -2.04. The van der Waals surface area contributed by atoms with Crippen LogP contribution in [0.15, 0.2) is 198 Å². The van der Waals surface area contributed by atoms with Crippen molar-refractivity contribution in [1.82, 2.24) is 19.5 Å². The first-order valence-electron chi connectivity index (χ1n) is 25.4. The van der Waals surface area contributed by atoms with Crippen LogP contribution in [0.3, 0.4) is 0 Å². The Labute approximate surface area is 352 Å². The highest BCUT2D eigenvalue weighted by atomic mass is 16.3. The zero-order valence-corrected chi connectivity index (χ0v) is 30.1. The second kappa shape index (κ2) is 12.8. The van der Waals surface area contributed by atoms with E-state index in [1.807, 2.05) is 54.6 Å². The fourth-order valence-corrected chi connectivity index (χ4v) is 7.90. The second-order valence-electron chi connectivity index (χ2n) is 13.7. The van der Waals surface area contributed by atoms with Crippen LogP contribution in [0.4, 0.5) is 0 Å². The molecule has 0 fully saturated rings. The zero-order chi connectivity index (χ0) is 50.3. The quantitative estimate of drug-likeness (QED) is 0.164. The third-order valence-corrected chi connectivity index (χ3v) is 10.5. The summed E-state index contributed by atoms with van der Waals surface area (Å²) < 4.78 is 131. The van der Waals surface area contributed by atoms with Crippen LogP contribution < -0.4 is 0 Å². The minimum absolute atomic E-state index is 0.0117. The van der Waals surface area contributed by atoms with Crippen LogP contribution in [0.1, 0.15) is 19.2 Å². The van der Waals surface area contributed by atoms with Crippen LogP contribution in [-0.4, -0.2) is 19.5 Å². The molecule has 0 spiro atoms. The second-order valence-corrected chi connectivity index (χ2v) is 13.7.